The van der Waals surface area contributed by atoms with Gasteiger partial charge in [0.25, 0.3) is 0 Å². The van der Waals surface area contributed by atoms with E-state index in [-0.39, 0.29) is 12.1 Å². The zero-order valence-corrected chi connectivity index (χ0v) is 21.8. The average molecular weight is 511 g/mol. The lowest BCUT2D eigenvalue weighted by atomic mass is 9.91. The fourth-order valence-electron chi connectivity index (χ4n) is 4.59. The fourth-order valence-corrected chi connectivity index (χ4v) is 4.59. The largest absolute Gasteiger partial charge is 0.497 e. The summed E-state index contributed by atoms with van der Waals surface area (Å²) in [5.41, 5.74) is 1.19. The molecule has 1 aliphatic heterocycles. The molecular weight excluding hydrogens is 480 g/mol. The quantitative estimate of drug-likeness (QED) is 0.275. The van der Waals surface area contributed by atoms with Gasteiger partial charge in [-0.3, -0.25) is 0 Å². The lowest BCUT2D eigenvalue weighted by Gasteiger charge is -2.29. The van der Waals surface area contributed by atoms with E-state index in [1.54, 1.807) is 24.3 Å². The van der Waals surface area contributed by atoms with Crippen LogP contribution in [-0.4, -0.2) is 28.8 Å². The number of carbonyl (C=O) groups excluding carboxylic acids is 1. The molecule has 0 saturated carbocycles. The van der Waals surface area contributed by atoms with Gasteiger partial charge in [0.2, 0.25) is 5.95 Å². The highest BCUT2D eigenvalue weighted by molar-refractivity contribution is 5.90. The second-order valence-corrected chi connectivity index (χ2v) is 9.61. The van der Waals surface area contributed by atoms with Gasteiger partial charge in [-0.1, -0.05) is 42.5 Å². The number of methoxy groups -OCH3 is 1. The summed E-state index contributed by atoms with van der Waals surface area (Å²) in [6.45, 7) is 5.82. The number of nitrogens with one attached hydrogen (secondary N) is 1. The molecule has 1 amide bonds. The molecule has 2 heterocycles. The first-order chi connectivity index (χ1) is 18.3. The van der Waals surface area contributed by atoms with Crippen LogP contribution in [-0.2, 0) is 4.74 Å². The first-order valence-electron chi connectivity index (χ1n) is 12.4. The van der Waals surface area contributed by atoms with Crippen LogP contribution in [0.15, 0.2) is 91.1 Å². The van der Waals surface area contributed by atoms with Gasteiger partial charge in [-0.2, -0.15) is 4.98 Å². The van der Waals surface area contributed by atoms with Gasteiger partial charge in [0.1, 0.15) is 34.7 Å². The summed E-state index contributed by atoms with van der Waals surface area (Å²) < 4.78 is 16.9. The molecule has 1 aromatic heterocycles. The van der Waals surface area contributed by atoms with Gasteiger partial charge in [-0.25, -0.2) is 14.7 Å². The van der Waals surface area contributed by atoms with Gasteiger partial charge in [-0.05, 0) is 74.4 Å². The normalized spacial score (nSPS) is 17.0. The van der Waals surface area contributed by atoms with E-state index in [0.717, 1.165) is 28.4 Å². The number of carbonyl (C=O) groups is 1. The molecule has 0 radical (unpaired) electrons. The van der Waals surface area contributed by atoms with E-state index < -0.39 is 11.7 Å². The van der Waals surface area contributed by atoms with Gasteiger partial charge in [0, 0.05) is 6.20 Å². The predicted octanol–water partition coefficient (Wildman–Crippen LogP) is 6.93. The number of para-hydroxylation sites is 1. The number of cyclic esters (lactones) is 1. The third-order valence-corrected chi connectivity index (χ3v) is 6.49. The highest BCUT2D eigenvalue weighted by Gasteiger charge is 2.50. The van der Waals surface area contributed by atoms with E-state index in [9.17, 15) is 4.79 Å². The van der Waals surface area contributed by atoms with Crippen molar-refractivity contribution in [2.45, 2.75) is 38.5 Å². The molecule has 8 heteroatoms. The molecule has 38 heavy (non-hydrogen) atoms. The Bertz CT molecular complexity index is 1390. The molecule has 8 nitrogen and oxygen atoms in total. The average Bonchev–Trinajstić information content (AvgIpc) is 3.17. The molecule has 5 rings (SSSR count). The van der Waals surface area contributed by atoms with Crippen LogP contribution in [0.1, 0.15) is 44.0 Å². The molecule has 194 valence electrons. The smallest absolute Gasteiger partial charge is 0.416 e. The number of hydrogen-bond donors (Lipinski definition) is 1. The Kier molecular flexibility index (Phi) is 6.87. The predicted molar refractivity (Wildman–Crippen MR) is 146 cm³/mol. The molecule has 0 bridgehead atoms. The van der Waals surface area contributed by atoms with Crippen molar-refractivity contribution >= 4 is 17.9 Å². The Balaban J connectivity index is 1.34. The Morgan fingerprint density at radius 1 is 0.921 bits per heavy atom. The van der Waals surface area contributed by atoms with E-state index in [2.05, 4.69) is 15.3 Å². The molecule has 1 aliphatic rings. The van der Waals surface area contributed by atoms with Crippen molar-refractivity contribution in [3.63, 3.8) is 0 Å². The van der Waals surface area contributed by atoms with Crippen molar-refractivity contribution in [2.75, 3.05) is 17.3 Å². The number of hydrogen-bond acceptors (Lipinski definition) is 7. The van der Waals surface area contributed by atoms with Crippen molar-refractivity contribution in [2.24, 2.45) is 0 Å². The molecule has 1 N–H and O–H groups in total. The second kappa shape index (κ2) is 10.4. The molecular formula is C30H30N4O4. The van der Waals surface area contributed by atoms with Gasteiger partial charge in [-0.15, -0.1) is 0 Å². The molecule has 0 aliphatic carbocycles. The summed E-state index contributed by atoms with van der Waals surface area (Å²) in [7, 11) is 1.62. The molecule has 0 spiro atoms. The maximum absolute atomic E-state index is 13.0. The van der Waals surface area contributed by atoms with E-state index in [1.165, 1.54) is 0 Å². The van der Waals surface area contributed by atoms with Crippen LogP contribution in [0.4, 0.5) is 16.6 Å². The monoisotopic (exact) mass is 510 g/mol. The molecule has 1 fully saturated rings. The van der Waals surface area contributed by atoms with E-state index in [0.29, 0.717) is 11.8 Å². The standard InChI is InChI=1S/C30H30N4O4/c1-20(21-10-16-25(17-11-21)37-24-8-6-5-7-9-24)32-28-31-19-18-26(33-28)34-27(30(2,3)38-29(34)35)22-12-14-23(36-4)15-13-22/h5-20,27H,1-4H3,(H,31,32,33)/t20-,27-/m0/s1. The first-order valence-corrected chi connectivity index (χ1v) is 12.4. The summed E-state index contributed by atoms with van der Waals surface area (Å²) >= 11 is 0. The van der Waals surface area contributed by atoms with Crippen molar-refractivity contribution in [3.05, 3.63) is 102 Å². The molecule has 0 unspecified atom stereocenters. The number of benzene rings is 3. The molecule has 3 aromatic carbocycles. The van der Waals surface area contributed by atoms with Crippen LogP contribution < -0.4 is 19.7 Å². The van der Waals surface area contributed by atoms with Gasteiger partial charge in [0.05, 0.1) is 13.2 Å². The topological polar surface area (TPSA) is 85.8 Å². The Hall–Kier alpha value is -4.59. The van der Waals surface area contributed by atoms with Crippen LogP contribution in [0.5, 0.6) is 17.2 Å². The Labute approximate surface area is 222 Å². The lowest BCUT2D eigenvalue weighted by Crippen LogP contribution is -2.34. The van der Waals surface area contributed by atoms with Crippen LogP contribution in [0.2, 0.25) is 0 Å². The van der Waals surface area contributed by atoms with Gasteiger partial charge < -0.3 is 19.5 Å². The molecule has 1 saturated heterocycles. The summed E-state index contributed by atoms with van der Waals surface area (Å²) in [4.78, 5) is 23.6. The third-order valence-electron chi connectivity index (χ3n) is 6.49. The minimum absolute atomic E-state index is 0.0876. The summed E-state index contributed by atoms with van der Waals surface area (Å²) in [5, 5.41) is 3.34. The second-order valence-electron chi connectivity index (χ2n) is 9.61. The highest BCUT2D eigenvalue weighted by Crippen LogP contribution is 2.43. The van der Waals surface area contributed by atoms with Crippen molar-refractivity contribution < 1.29 is 19.0 Å². The third kappa shape index (κ3) is 5.25. The van der Waals surface area contributed by atoms with Crippen LogP contribution in [0.25, 0.3) is 0 Å². The fraction of sp³-hybridized carbons (Fsp3) is 0.233. The number of nitrogens with zero attached hydrogens (tertiary/aromatic N) is 3. The van der Waals surface area contributed by atoms with Gasteiger partial charge in [0.15, 0.2) is 0 Å². The summed E-state index contributed by atoms with van der Waals surface area (Å²) in [5.74, 6) is 3.15. The lowest BCUT2D eigenvalue weighted by molar-refractivity contribution is 0.0685. The summed E-state index contributed by atoms with van der Waals surface area (Å²) in [6.07, 6.45) is 1.18. The summed E-state index contributed by atoms with van der Waals surface area (Å²) in [6, 6.07) is 26.4. The number of rotatable bonds is 8. The SMILES string of the molecule is COc1ccc([C@@H]2N(c3ccnc(N[C@@H](C)c4ccc(Oc5ccccc5)cc4)n3)C(=O)OC2(C)C)cc1. The number of anilines is 2. The minimum Gasteiger partial charge on any atom is -0.497 e. The van der Waals surface area contributed by atoms with Crippen LogP contribution in [0, 0.1) is 0 Å². The Morgan fingerprint density at radius 2 is 1.58 bits per heavy atom. The maximum atomic E-state index is 13.0. The van der Waals surface area contributed by atoms with E-state index in [4.69, 9.17) is 14.2 Å². The number of ether oxygens (including phenoxy) is 3. The van der Waals surface area contributed by atoms with Crippen molar-refractivity contribution in [3.8, 4) is 17.2 Å². The Morgan fingerprint density at radius 3 is 2.26 bits per heavy atom. The van der Waals surface area contributed by atoms with Crippen molar-refractivity contribution in [1.82, 2.24) is 9.97 Å². The zero-order valence-electron chi connectivity index (χ0n) is 21.8. The molecule has 2 atom stereocenters. The van der Waals surface area contributed by atoms with E-state index >= 15 is 0 Å². The minimum atomic E-state index is -0.763. The molecule has 4 aromatic rings. The first kappa shape index (κ1) is 25.1. The van der Waals surface area contributed by atoms with Crippen molar-refractivity contribution in [1.29, 1.82) is 0 Å². The number of aromatic nitrogens is 2. The van der Waals surface area contributed by atoms with Gasteiger partial charge >= 0.3 is 6.09 Å². The van der Waals surface area contributed by atoms with Crippen LogP contribution >= 0.6 is 0 Å². The zero-order chi connectivity index (χ0) is 26.7. The maximum Gasteiger partial charge on any atom is 0.416 e. The number of amides is 1. The van der Waals surface area contributed by atoms with E-state index in [1.807, 2.05) is 99.6 Å². The highest BCUT2D eigenvalue weighted by atomic mass is 16.6. The van der Waals surface area contributed by atoms with Crippen LogP contribution in [0.3, 0.4) is 0 Å².